The Kier molecular flexibility index (Phi) is 12.5. The Balaban J connectivity index is 1.89. The summed E-state index contributed by atoms with van der Waals surface area (Å²) in [6.07, 6.45) is 20.1. The maximum atomic E-state index is 5.47. The van der Waals surface area contributed by atoms with Gasteiger partial charge in [-0.1, -0.05) is 13.3 Å². The van der Waals surface area contributed by atoms with Crippen molar-refractivity contribution >= 4 is 49.0 Å². The quantitative estimate of drug-likeness (QED) is 0.263. The molecule has 0 amide bonds. The Bertz CT molecular complexity index is 329. The average molecular weight is 301 g/mol. The summed E-state index contributed by atoms with van der Waals surface area (Å²) in [7, 11) is 0. The van der Waals surface area contributed by atoms with E-state index in [0.29, 0.717) is 0 Å². The van der Waals surface area contributed by atoms with Gasteiger partial charge in [-0.05, 0) is 0 Å². The summed E-state index contributed by atoms with van der Waals surface area (Å²) in [5.41, 5.74) is 0. The zero-order valence-corrected chi connectivity index (χ0v) is 16.6. The number of hydrogen-bond acceptors (Lipinski definition) is 1. The number of unbranched alkanes of at least 4 members (excludes halogenated alkanes) is 7. The summed E-state index contributed by atoms with van der Waals surface area (Å²) in [4.78, 5) is 0. The fourth-order valence-corrected chi connectivity index (χ4v) is 3.68. The molecule has 0 spiro atoms. The Labute approximate surface area is 159 Å². The van der Waals surface area contributed by atoms with E-state index in [1.165, 1.54) is 70.0 Å². The molecule has 20 heavy (non-hydrogen) atoms. The van der Waals surface area contributed by atoms with Gasteiger partial charge in [0, 0.05) is 0 Å². The van der Waals surface area contributed by atoms with Crippen molar-refractivity contribution in [2.75, 3.05) is 0 Å². The van der Waals surface area contributed by atoms with Crippen LogP contribution in [0.3, 0.4) is 0 Å². The predicted molar refractivity (Wildman–Crippen MR) is 88.2 cm³/mol. The first kappa shape index (κ1) is 18.7. The molecule has 1 aromatic rings. The molecule has 1 heterocycles. The van der Waals surface area contributed by atoms with E-state index in [1.54, 1.807) is 6.26 Å². The molecule has 1 aromatic heterocycles. The minimum atomic E-state index is 0.740. The van der Waals surface area contributed by atoms with Gasteiger partial charge in [-0.3, -0.25) is 0 Å². The fraction of sp³-hybridized carbons (Fsp3) is 0.667. The summed E-state index contributed by atoms with van der Waals surface area (Å²) in [6.45, 7) is 2.28. The Morgan fingerprint density at radius 1 is 1.05 bits per heavy atom. The van der Waals surface area contributed by atoms with Crippen LogP contribution in [0.15, 0.2) is 35.0 Å². The van der Waals surface area contributed by atoms with Crippen molar-refractivity contribution in [1.29, 1.82) is 0 Å². The second-order valence-corrected chi connectivity index (χ2v) is 8.05. The molecule has 0 N–H and O–H groups in total. The van der Waals surface area contributed by atoms with Gasteiger partial charge >= 0.3 is 147 Å². The molecule has 0 saturated carbocycles. The zero-order valence-electron chi connectivity index (χ0n) is 13.4. The topological polar surface area (TPSA) is 13.1 Å². The normalized spacial score (nSPS) is 13.2. The summed E-state index contributed by atoms with van der Waals surface area (Å²) < 4.78 is 6.21. The molecule has 0 aliphatic rings. The summed E-state index contributed by atoms with van der Waals surface area (Å²) >= 11 is 0.826. The Morgan fingerprint density at radius 2 is 1.75 bits per heavy atom. The van der Waals surface area contributed by atoms with Crippen molar-refractivity contribution in [3.63, 3.8) is 0 Å². The molecule has 0 saturated heterocycles. The van der Waals surface area contributed by atoms with Crippen molar-refractivity contribution in [1.82, 2.24) is 0 Å². The zero-order chi connectivity index (χ0) is 14.5. The van der Waals surface area contributed by atoms with Gasteiger partial charge < -0.3 is 0 Å². The van der Waals surface area contributed by atoms with Gasteiger partial charge in [0.25, 0.3) is 0 Å². The van der Waals surface area contributed by atoms with Gasteiger partial charge in [0.05, 0.1) is 0 Å². The van der Waals surface area contributed by atoms with Crippen LogP contribution in [-0.4, -0.2) is 49.0 Å². The van der Waals surface area contributed by atoms with E-state index >= 15 is 0 Å². The van der Waals surface area contributed by atoms with E-state index < -0.39 is 0 Å². The molecule has 0 aromatic carbocycles. The van der Waals surface area contributed by atoms with Gasteiger partial charge in [-0.2, -0.15) is 0 Å². The third-order valence-corrected chi connectivity index (χ3v) is 5.72. The SMILES string of the molecule is CCCCCCCC/C=C/CCC[CH]([K])c1ccco1. The van der Waals surface area contributed by atoms with Crippen LogP contribution in [0.25, 0.3) is 0 Å². The van der Waals surface area contributed by atoms with Crippen molar-refractivity contribution in [2.45, 2.75) is 71.1 Å². The molecule has 1 rings (SSSR count). The van der Waals surface area contributed by atoms with Gasteiger partial charge in [0.15, 0.2) is 0 Å². The summed E-state index contributed by atoms with van der Waals surface area (Å²) in [6, 6.07) is 4.14. The van der Waals surface area contributed by atoms with E-state index in [0.717, 1.165) is 49.0 Å². The molecule has 1 unspecified atom stereocenters. The fourth-order valence-electron chi connectivity index (χ4n) is 2.53. The van der Waals surface area contributed by atoms with E-state index in [9.17, 15) is 0 Å². The van der Waals surface area contributed by atoms with Crippen LogP contribution in [0.2, 0.25) is 0 Å². The standard InChI is InChI=1S/C18H29O.K/c1-2-3-4-5-6-7-8-9-10-11-12-13-15-18-16-14-17-19-18;/h9-10,14-17H,2-8,11-13H2,1H3;/b10-9+;. The molecule has 0 radical (unpaired) electrons. The van der Waals surface area contributed by atoms with Crippen molar-refractivity contribution in [3.8, 4) is 0 Å². The van der Waals surface area contributed by atoms with Crippen molar-refractivity contribution in [2.24, 2.45) is 0 Å². The van der Waals surface area contributed by atoms with Crippen LogP contribution in [0.4, 0.5) is 0 Å². The molecule has 1 nitrogen and oxygen atoms in total. The summed E-state index contributed by atoms with van der Waals surface area (Å²) in [5.74, 6) is 1.21. The molecule has 108 valence electrons. The van der Waals surface area contributed by atoms with Crippen LogP contribution in [0, 0.1) is 0 Å². The molecule has 1 atom stereocenters. The van der Waals surface area contributed by atoms with Crippen molar-refractivity contribution in [3.05, 3.63) is 36.3 Å². The van der Waals surface area contributed by atoms with Crippen molar-refractivity contribution < 1.29 is 4.42 Å². The third-order valence-electron chi connectivity index (χ3n) is 3.93. The molecular weight excluding hydrogens is 271 g/mol. The monoisotopic (exact) mass is 300 g/mol. The van der Waals surface area contributed by atoms with E-state index in [2.05, 4.69) is 25.1 Å². The van der Waals surface area contributed by atoms with E-state index in [4.69, 9.17) is 4.42 Å². The first-order valence-electron chi connectivity index (χ1n) is 8.53. The first-order chi connectivity index (χ1) is 9.84. The second-order valence-electron chi connectivity index (χ2n) is 5.88. The summed E-state index contributed by atoms with van der Waals surface area (Å²) in [5, 5.41) is 0. The second kappa shape index (κ2) is 13.3. The predicted octanol–water partition coefficient (Wildman–Crippen LogP) is 5.97. The van der Waals surface area contributed by atoms with Gasteiger partial charge in [-0.25, -0.2) is 0 Å². The van der Waals surface area contributed by atoms with E-state index in [1.807, 2.05) is 6.07 Å². The van der Waals surface area contributed by atoms with E-state index in [-0.39, 0.29) is 0 Å². The van der Waals surface area contributed by atoms with Crippen LogP contribution >= 0.6 is 0 Å². The maximum absolute atomic E-state index is 5.47. The first-order valence-corrected chi connectivity index (χ1v) is 10.3. The number of rotatable bonds is 12. The van der Waals surface area contributed by atoms with Gasteiger partial charge in [-0.15, -0.1) is 0 Å². The molecule has 0 aliphatic heterocycles. The molecular formula is C18H29KO. The third kappa shape index (κ3) is 9.57. The minimum absolute atomic E-state index is 0.740. The molecule has 0 bridgehead atoms. The van der Waals surface area contributed by atoms with Gasteiger partial charge in [0.1, 0.15) is 0 Å². The number of allylic oxidation sites excluding steroid dienone is 2. The van der Waals surface area contributed by atoms with Crippen LogP contribution in [0.5, 0.6) is 0 Å². The average Bonchev–Trinajstić information content (AvgIpc) is 2.99. The Morgan fingerprint density at radius 3 is 2.45 bits per heavy atom. The van der Waals surface area contributed by atoms with Gasteiger partial charge in [0.2, 0.25) is 0 Å². The van der Waals surface area contributed by atoms with Crippen LogP contribution in [0.1, 0.15) is 76.9 Å². The Hall–Kier alpha value is 0.656. The number of furan rings is 1. The van der Waals surface area contributed by atoms with Crippen LogP contribution < -0.4 is 0 Å². The molecule has 2 heteroatoms. The molecule has 0 aliphatic carbocycles. The number of hydrogen-bond donors (Lipinski definition) is 0. The molecule has 0 fully saturated rings. The van der Waals surface area contributed by atoms with Crippen LogP contribution in [-0.2, 0) is 0 Å².